The second-order valence-electron chi connectivity index (χ2n) is 7.84. The maximum atomic E-state index is 12.5. The van der Waals surface area contributed by atoms with Gasteiger partial charge in [-0.3, -0.25) is 9.59 Å². The minimum Gasteiger partial charge on any atom is -0.497 e. The van der Waals surface area contributed by atoms with E-state index in [1.165, 1.54) is 18.2 Å². The summed E-state index contributed by atoms with van der Waals surface area (Å²) in [6, 6.07) is 21.2. The highest BCUT2D eigenvalue weighted by Crippen LogP contribution is 2.32. The lowest BCUT2D eigenvalue weighted by molar-refractivity contribution is -0.147. The number of carbonyl (C=O) groups excluding carboxylic acids is 2. The molecule has 7 nitrogen and oxygen atoms in total. The highest BCUT2D eigenvalue weighted by Gasteiger charge is 2.17. The molecule has 1 aromatic heterocycles. The third-order valence-corrected chi connectivity index (χ3v) is 5.51. The van der Waals surface area contributed by atoms with E-state index < -0.39 is 25.1 Å². The number of esters is 1. The Morgan fingerprint density at radius 2 is 1.69 bits per heavy atom. The quantitative estimate of drug-likeness (QED) is 0.282. The molecule has 0 aliphatic rings. The van der Waals surface area contributed by atoms with E-state index in [0.717, 1.165) is 33.5 Å². The fourth-order valence-corrected chi connectivity index (χ4v) is 3.86. The first-order chi connectivity index (χ1) is 17.4. The first-order valence-electron chi connectivity index (χ1n) is 11.2. The van der Waals surface area contributed by atoms with Crippen LogP contribution in [0.2, 0.25) is 0 Å². The maximum Gasteiger partial charge on any atom is 0.387 e. The Morgan fingerprint density at radius 1 is 0.972 bits per heavy atom. The van der Waals surface area contributed by atoms with Gasteiger partial charge >= 0.3 is 12.6 Å². The van der Waals surface area contributed by atoms with Gasteiger partial charge in [-0.15, -0.1) is 0 Å². The van der Waals surface area contributed by atoms with Crippen LogP contribution in [-0.4, -0.2) is 37.2 Å². The molecule has 2 N–H and O–H groups in total. The van der Waals surface area contributed by atoms with E-state index in [4.69, 9.17) is 9.47 Å². The standard InChI is InChI=1S/C27H24F2N2O5/c1-34-18-12-10-17(11-13-18)26-20(19-6-2-3-7-21(19)31-26)14-15-25(33)35-16-24(32)30-22-8-4-5-9-23(22)36-27(28)29/h2-13,27,31H,14-16H2,1H3,(H,30,32). The van der Waals surface area contributed by atoms with Crippen molar-refractivity contribution >= 4 is 28.5 Å². The molecule has 1 amide bonds. The molecule has 1 heterocycles. The molecule has 4 rings (SSSR count). The van der Waals surface area contributed by atoms with Gasteiger partial charge in [-0.1, -0.05) is 30.3 Å². The summed E-state index contributed by atoms with van der Waals surface area (Å²) in [5.74, 6) is -0.674. The Labute approximate surface area is 206 Å². The van der Waals surface area contributed by atoms with Crippen molar-refractivity contribution in [1.82, 2.24) is 4.98 Å². The molecule has 0 fully saturated rings. The summed E-state index contributed by atoms with van der Waals surface area (Å²) < 4.78 is 39.8. The third kappa shape index (κ3) is 5.99. The Morgan fingerprint density at radius 3 is 2.44 bits per heavy atom. The number of fused-ring (bicyclic) bond motifs is 1. The van der Waals surface area contributed by atoms with Gasteiger partial charge in [0.1, 0.15) is 11.5 Å². The van der Waals surface area contributed by atoms with Crippen LogP contribution in [0.3, 0.4) is 0 Å². The predicted octanol–water partition coefficient (Wildman–Crippen LogP) is 5.56. The zero-order valence-electron chi connectivity index (χ0n) is 19.4. The molecule has 9 heteroatoms. The number of alkyl halides is 2. The molecule has 0 bridgehead atoms. The van der Waals surface area contributed by atoms with Gasteiger partial charge in [-0.25, -0.2) is 0 Å². The van der Waals surface area contributed by atoms with Gasteiger partial charge in [0.25, 0.3) is 5.91 Å². The van der Waals surface area contributed by atoms with Crippen LogP contribution in [0.15, 0.2) is 72.8 Å². The predicted molar refractivity (Wildman–Crippen MR) is 131 cm³/mol. The van der Waals surface area contributed by atoms with Gasteiger partial charge in [0, 0.05) is 23.0 Å². The number of H-pyrrole nitrogens is 1. The molecule has 0 spiro atoms. The average molecular weight is 494 g/mol. The monoisotopic (exact) mass is 494 g/mol. The van der Waals surface area contributed by atoms with Crippen molar-refractivity contribution in [1.29, 1.82) is 0 Å². The summed E-state index contributed by atoms with van der Waals surface area (Å²) in [7, 11) is 1.60. The van der Waals surface area contributed by atoms with Crippen LogP contribution >= 0.6 is 0 Å². The van der Waals surface area contributed by atoms with Crippen molar-refractivity contribution in [2.24, 2.45) is 0 Å². The molecular formula is C27H24F2N2O5. The summed E-state index contributed by atoms with van der Waals surface area (Å²) >= 11 is 0. The molecule has 0 aliphatic heterocycles. The van der Waals surface area contributed by atoms with Crippen molar-refractivity contribution in [2.75, 3.05) is 19.0 Å². The average Bonchev–Trinajstić information content (AvgIpc) is 3.25. The summed E-state index contributed by atoms with van der Waals surface area (Å²) in [6.45, 7) is -3.59. The normalized spacial score (nSPS) is 10.9. The molecule has 0 radical (unpaired) electrons. The number of halogens is 2. The maximum absolute atomic E-state index is 12.5. The van der Waals surface area contributed by atoms with E-state index in [0.29, 0.717) is 6.42 Å². The van der Waals surface area contributed by atoms with Crippen molar-refractivity contribution in [2.45, 2.75) is 19.5 Å². The molecular weight excluding hydrogens is 470 g/mol. The molecule has 186 valence electrons. The molecule has 3 aromatic carbocycles. The lowest BCUT2D eigenvalue weighted by Gasteiger charge is -2.12. The number of aromatic nitrogens is 1. The summed E-state index contributed by atoms with van der Waals surface area (Å²) in [5.41, 5.74) is 3.78. The van der Waals surface area contributed by atoms with E-state index in [1.807, 2.05) is 48.5 Å². The number of benzene rings is 3. The molecule has 0 unspecified atom stereocenters. The number of aromatic amines is 1. The summed E-state index contributed by atoms with van der Waals surface area (Å²) in [5, 5.41) is 3.41. The summed E-state index contributed by atoms with van der Waals surface area (Å²) in [6.07, 6.45) is 0.431. The molecule has 36 heavy (non-hydrogen) atoms. The minimum absolute atomic E-state index is 0.0450. The molecule has 0 aliphatic carbocycles. The van der Waals surface area contributed by atoms with Gasteiger partial charge in [-0.05, 0) is 60.0 Å². The van der Waals surface area contributed by atoms with Crippen molar-refractivity contribution < 1.29 is 32.6 Å². The van der Waals surface area contributed by atoms with Crippen LogP contribution < -0.4 is 14.8 Å². The third-order valence-electron chi connectivity index (χ3n) is 5.51. The number of anilines is 1. The van der Waals surface area contributed by atoms with Gasteiger partial charge in [0.15, 0.2) is 6.61 Å². The van der Waals surface area contributed by atoms with Crippen molar-refractivity contribution in [3.05, 3.63) is 78.4 Å². The minimum atomic E-state index is -3.03. The molecule has 4 aromatic rings. The second kappa shape index (κ2) is 11.4. The van der Waals surface area contributed by atoms with E-state index in [2.05, 4.69) is 15.0 Å². The zero-order valence-corrected chi connectivity index (χ0v) is 19.4. The van der Waals surface area contributed by atoms with E-state index in [1.54, 1.807) is 13.2 Å². The van der Waals surface area contributed by atoms with Crippen molar-refractivity contribution in [3.8, 4) is 22.8 Å². The van der Waals surface area contributed by atoms with E-state index >= 15 is 0 Å². The van der Waals surface area contributed by atoms with Gasteiger partial charge in [0.2, 0.25) is 0 Å². The van der Waals surface area contributed by atoms with Crippen molar-refractivity contribution in [3.63, 3.8) is 0 Å². The Kier molecular flexibility index (Phi) is 7.79. The van der Waals surface area contributed by atoms with Crippen LogP contribution in [0.5, 0.6) is 11.5 Å². The number of ether oxygens (including phenoxy) is 3. The lowest BCUT2D eigenvalue weighted by Crippen LogP contribution is -2.21. The highest BCUT2D eigenvalue weighted by atomic mass is 19.3. The number of amides is 1. The van der Waals surface area contributed by atoms with Gasteiger partial charge < -0.3 is 24.5 Å². The Bertz CT molecular complexity index is 1350. The number of hydrogen-bond donors (Lipinski definition) is 2. The Balaban J connectivity index is 1.39. The number of hydrogen-bond acceptors (Lipinski definition) is 5. The molecule has 0 saturated carbocycles. The fourth-order valence-electron chi connectivity index (χ4n) is 3.86. The number of carbonyl (C=O) groups is 2. The zero-order chi connectivity index (χ0) is 25.5. The number of methoxy groups -OCH3 is 1. The van der Waals surface area contributed by atoms with Crippen LogP contribution in [0, 0.1) is 0 Å². The number of aryl methyl sites for hydroxylation is 1. The largest absolute Gasteiger partial charge is 0.497 e. The molecule has 0 atom stereocenters. The number of rotatable bonds is 10. The van der Waals surface area contributed by atoms with Crippen LogP contribution in [0.25, 0.3) is 22.2 Å². The van der Waals surface area contributed by atoms with Gasteiger partial charge in [0.05, 0.1) is 12.8 Å². The number of nitrogens with one attached hydrogen (secondary N) is 2. The lowest BCUT2D eigenvalue weighted by atomic mass is 10.0. The second-order valence-corrected chi connectivity index (χ2v) is 7.84. The Hall–Kier alpha value is -4.40. The van der Waals surface area contributed by atoms with Crippen LogP contribution in [-0.2, 0) is 20.7 Å². The van der Waals surface area contributed by atoms with Gasteiger partial charge in [-0.2, -0.15) is 8.78 Å². The first kappa shape index (κ1) is 24.7. The van der Waals surface area contributed by atoms with Crippen LogP contribution in [0.4, 0.5) is 14.5 Å². The fraction of sp³-hybridized carbons (Fsp3) is 0.185. The van der Waals surface area contributed by atoms with E-state index in [-0.39, 0.29) is 17.9 Å². The highest BCUT2D eigenvalue weighted by molar-refractivity contribution is 5.94. The first-order valence-corrected chi connectivity index (χ1v) is 11.2. The smallest absolute Gasteiger partial charge is 0.387 e. The number of para-hydroxylation sites is 3. The molecule has 0 saturated heterocycles. The van der Waals surface area contributed by atoms with Crippen LogP contribution in [0.1, 0.15) is 12.0 Å². The van der Waals surface area contributed by atoms with E-state index in [9.17, 15) is 18.4 Å². The SMILES string of the molecule is COc1ccc(-c2[nH]c3ccccc3c2CCC(=O)OCC(=O)Nc2ccccc2OC(F)F)cc1. The topological polar surface area (TPSA) is 89.7 Å². The summed E-state index contributed by atoms with van der Waals surface area (Å²) in [4.78, 5) is 28.0.